The zero-order valence-corrected chi connectivity index (χ0v) is 20.5. The van der Waals surface area contributed by atoms with E-state index in [1.807, 2.05) is 12.1 Å². The minimum atomic E-state index is -4.50. The van der Waals surface area contributed by atoms with Crippen molar-refractivity contribution in [3.05, 3.63) is 35.6 Å². The molecule has 1 aromatic carbocycles. The van der Waals surface area contributed by atoms with Crippen molar-refractivity contribution in [2.45, 2.75) is 34.6 Å². The standard InChI is InChI=1S/C16H15ClN5O6PS.Na/c17-7-1-3-8(4-2-7)30-16-21-10-13(18)19-6-20-14(10)22(16)15-11(23)12-9(27-15)5-26-29(24,25)28-12;/h1-4,6,9,11-12,15,23H,5H2,(H,24,25)(H2,18,19,20);/p-1/t9-,11-,12-,15-;/m1./s1. The van der Waals surface area contributed by atoms with Crippen molar-refractivity contribution in [3.63, 3.8) is 0 Å². The number of fused-ring (bicyclic) bond motifs is 2. The van der Waals surface area contributed by atoms with Gasteiger partial charge in [0, 0.05) is 39.5 Å². The Morgan fingerprint density at radius 2 is 2.06 bits per heavy atom. The Kier molecular flexibility index (Phi) is 6.70. The van der Waals surface area contributed by atoms with E-state index in [4.69, 9.17) is 31.1 Å². The summed E-state index contributed by atoms with van der Waals surface area (Å²) in [5, 5.41) is 11.8. The van der Waals surface area contributed by atoms with Gasteiger partial charge in [-0.25, -0.2) is 15.0 Å². The van der Waals surface area contributed by atoms with Crippen LogP contribution in [0.1, 0.15) is 6.23 Å². The van der Waals surface area contributed by atoms with Gasteiger partial charge >= 0.3 is 0 Å². The second-order valence-electron chi connectivity index (χ2n) is 6.62. The number of hydrogen-bond donors (Lipinski definition) is 2. The molecule has 0 spiro atoms. The Morgan fingerprint density at radius 1 is 1.32 bits per heavy atom. The molecule has 5 rings (SSSR count). The molecule has 159 valence electrons. The Hall–Kier alpha value is -0.760. The zero-order chi connectivity index (χ0) is 21.0. The molecule has 1 unspecified atom stereocenters. The van der Waals surface area contributed by atoms with Crippen LogP contribution in [0.25, 0.3) is 11.2 Å². The van der Waals surface area contributed by atoms with E-state index in [0.717, 1.165) is 4.90 Å². The van der Waals surface area contributed by atoms with Crippen LogP contribution in [0.15, 0.2) is 40.6 Å². The predicted molar refractivity (Wildman–Crippen MR) is 109 cm³/mol. The fourth-order valence-electron chi connectivity index (χ4n) is 3.36. The fourth-order valence-corrected chi connectivity index (χ4v) is 5.34. The third kappa shape index (κ3) is 4.40. The number of rotatable bonds is 3. The first-order chi connectivity index (χ1) is 14.3. The van der Waals surface area contributed by atoms with Crippen LogP contribution in [-0.2, 0) is 18.3 Å². The second-order valence-corrected chi connectivity index (χ2v) is 9.46. The Balaban J connectivity index is 0.00000231. The minimum Gasteiger partial charge on any atom is -0.756 e. The van der Waals surface area contributed by atoms with Gasteiger partial charge in [-0.15, -0.1) is 0 Å². The monoisotopic (exact) mass is 493 g/mol. The number of anilines is 1. The van der Waals surface area contributed by atoms with E-state index in [9.17, 15) is 14.6 Å². The first kappa shape index (κ1) is 23.4. The number of benzene rings is 1. The van der Waals surface area contributed by atoms with E-state index in [2.05, 4.69) is 15.0 Å². The first-order valence-corrected chi connectivity index (χ1v) is 11.4. The molecule has 0 amide bonds. The molecule has 3 N–H and O–H groups in total. The molecule has 5 atom stereocenters. The fraction of sp³-hybridized carbons (Fsp3) is 0.312. The third-order valence-electron chi connectivity index (χ3n) is 4.71. The summed E-state index contributed by atoms with van der Waals surface area (Å²) in [7, 11) is -4.50. The van der Waals surface area contributed by atoms with Crippen molar-refractivity contribution < 1.29 is 28.3 Å². The Labute approximate surface area is 207 Å². The van der Waals surface area contributed by atoms with Crippen molar-refractivity contribution in [3.8, 4) is 0 Å². The zero-order valence-electron chi connectivity index (χ0n) is 16.0. The van der Waals surface area contributed by atoms with Crippen LogP contribution in [0, 0.1) is 0 Å². The average Bonchev–Trinajstić information content (AvgIpc) is 3.21. The number of hydrogen-bond acceptors (Lipinski definition) is 11. The molecular formula is C16H14ClN5NaO6PS-. The van der Waals surface area contributed by atoms with Gasteiger partial charge in [-0.05, 0) is 24.3 Å². The molecule has 11 nitrogen and oxygen atoms in total. The van der Waals surface area contributed by atoms with Crippen molar-refractivity contribution in [2.75, 3.05) is 12.3 Å². The molecule has 31 heavy (non-hydrogen) atoms. The van der Waals surface area contributed by atoms with Gasteiger partial charge in [-0.1, -0.05) is 23.4 Å². The average molecular weight is 494 g/mol. The largest absolute Gasteiger partial charge is 0.756 e. The van der Waals surface area contributed by atoms with Gasteiger partial charge in [0.05, 0.1) is 6.61 Å². The van der Waals surface area contributed by atoms with Crippen molar-refractivity contribution in [1.82, 2.24) is 19.5 Å². The molecule has 1 radical (unpaired) electrons. The van der Waals surface area contributed by atoms with Crippen molar-refractivity contribution in [1.29, 1.82) is 0 Å². The molecule has 2 fully saturated rings. The maximum Gasteiger partial charge on any atom is 0.268 e. The SMILES string of the molecule is Nc1ncnc2c1nc(Sc1ccc(Cl)cc1)n2[C@@H]1O[C@@H]2COP(=O)([O-])O[C@H]2[C@H]1O.[Na]. The summed E-state index contributed by atoms with van der Waals surface area (Å²) in [4.78, 5) is 25.2. The molecule has 4 heterocycles. The van der Waals surface area contributed by atoms with E-state index in [1.165, 1.54) is 18.1 Å². The summed E-state index contributed by atoms with van der Waals surface area (Å²) in [6.45, 7) is -0.261. The predicted octanol–water partition coefficient (Wildman–Crippen LogP) is 0.974. The topological polar surface area (TPSA) is 158 Å². The number of nitrogens with two attached hydrogens (primary N) is 1. The smallest absolute Gasteiger partial charge is 0.268 e. The van der Waals surface area contributed by atoms with Crippen molar-refractivity contribution >= 4 is 77.7 Å². The molecule has 2 aliphatic heterocycles. The molecule has 0 aliphatic carbocycles. The number of aliphatic hydroxyl groups is 1. The Morgan fingerprint density at radius 3 is 2.81 bits per heavy atom. The Bertz CT molecular complexity index is 1170. The number of nitrogens with zero attached hydrogens (tertiary/aromatic N) is 4. The normalized spacial score (nSPS) is 30.2. The summed E-state index contributed by atoms with van der Waals surface area (Å²) in [5.74, 6) is 0.158. The van der Waals surface area contributed by atoms with Crippen LogP contribution in [0.4, 0.5) is 5.82 Å². The maximum atomic E-state index is 11.7. The van der Waals surface area contributed by atoms with Gasteiger partial charge in [0.25, 0.3) is 7.82 Å². The number of imidazole rings is 1. The molecule has 0 saturated carbocycles. The van der Waals surface area contributed by atoms with Gasteiger partial charge in [0.1, 0.15) is 24.6 Å². The van der Waals surface area contributed by atoms with Crippen LogP contribution < -0.4 is 10.6 Å². The number of halogens is 1. The summed E-state index contributed by atoms with van der Waals surface area (Å²) >= 11 is 7.22. The molecule has 15 heteroatoms. The van der Waals surface area contributed by atoms with E-state index < -0.39 is 32.4 Å². The molecular weight excluding hydrogens is 480 g/mol. The van der Waals surface area contributed by atoms with Crippen LogP contribution in [0.5, 0.6) is 0 Å². The van der Waals surface area contributed by atoms with Crippen molar-refractivity contribution in [2.24, 2.45) is 0 Å². The molecule has 2 aromatic heterocycles. The van der Waals surface area contributed by atoms with E-state index in [-0.39, 0.29) is 42.0 Å². The summed E-state index contributed by atoms with van der Waals surface area (Å²) in [5.41, 5.74) is 6.61. The molecule has 3 aromatic rings. The van der Waals surface area contributed by atoms with E-state index in [1.54, 1.807) is 16.7 Å². The van der Waals surface area contributed by atoms with E-state index >= 15 is 0 Å². The minimum absolute atomic E-state index is 0. The number of aliphatic hydroxyl groups excluding tert-OH is 1. The van der Waals surface area contributed by atoms with Gasteiger partial charge in [-0.3, -0.25) is 9.13 Å². The van der Waals surface area contributed by atoms with Gasteiger partial charge in [-0.2, -0.15) is 0 Å². The number of phosphoric acid groups is 1. The third-order valence-corrected chi connectivity index (χ3v) is 6.90. The molecule has 2 aliphatic rings. The van der Waals surface area contributed by atoms with Gasteiger partial charge in [0.2, 0.25) is 0 Å². The van der Waals surface area contributed by atoms with E-state index in [0.29, 0.717) is 21.3 Å². The second kappa shape index (κ2) is 8.88. The number of phosphoric ester groups is 1. The number of aromatic nitrogens is 4. The first-order valence-electron chi connectivity index (χ1n) is 8.72. The van der Waals surface area contributed by atoms with Gasteiger partial charge < -0.3 is 29.5 Å². The van der Waals surface area contributed by atoms with Crippen LogP contribution in [0.2, 0.25) is 5.02 Å². The van der Waals surface area contributed by atoms with Crippen LogP contribution in [0.3, 0.4) is 0 Å². The molecule has 0 bridgehead atoms. The summed E-state index contributed by atoms with van der Waals surface area (Å²) in [6, 6.07) is 7.08. The summed E-state index contributed by atoms with van der Waals surface area (Å²) in [6.07, 6.45) is -2.98. The van der Waals surface area contributed by atoms with Gasteiger partial charge in [0.15, 0.2) is 28.4 Å². The number of nitrogen functional groups attached to an aromatic ring is 1. The molecule has 2 saturated heterocycles. The maximum absolute atomic E-state index is 11.7. The van der Waals surface area contributed by atoms with Crippen LogP contribution >= 0.6 is 31.2 Å². The quantitative estimate of drug-likeness (QED) is 0.395. The summed E-state index contributed by atoms with van der Waals surface area (Å²) < 4.78 is 28.7. The number of ether oxygens (including phenoxy) is 1. The van der Waals surface area contributed by atoms with Crippen LogP contribution in [-0.4, -0.2) is 79.1 Å².